The highest BCUT2D eigenvalue weighted by Gasteiger charge is 2.17. The minimum atomic E-state index is 0.250. The van der Waals surface area contributed by atoms with Crippen molar-refractivity contribution in [3.8, 4) is 0 Å². The number of para-hydroxylation sites is 1. The van der Waals surface area contributed by atoms with Crippen molar-refractivity contribution in [1.29, 1.82) is 0 Å². The third-order valence-corrected chi connectivity index (χ3v) is 3.66. The first-order valence-electron chi connectivity index (χ1n) is 7.66. The Morgan fingerprint density at radius 2 is 1.85 bits per heavy atom. The Bertz CT molecular complexity index is 481. The van der Waals surface area contributed by atoms with Crippen LogP contribution >= 0.6 is 0 Å². The van der Waals surface area contributed by atoms with Crippen LogP contribution in [-0.2, 0) is 0 Å². The molecule has 3 heteroatoms. The molecule has 0 amide bonds. The second-order valence-electron chi connectivity index (χ2n) is 5.33. The molecule has 0 aliphatic carbocycles. The summed E-state index contributed by atoms with van der Waals surface area (Å²) in [7, 11) is 2.01. The van der Waals surface area contributed by atoms with Crippen LogP contribution in [0.25, 0.3) is 11.0 Å². The molecule has 2 aromatic rings. The molecule has 1 heterocycles. The second-order valence-corrected chi connectivity index (χ2v) is 5.33. The number of likely N-dealkylation sites (N-methyl/N-ethyl adjacent to an activating group) is 1. The van der Waals surface area contributed by atoms with E-state index in [4.69, 9.17) is 4.42 Å². The molecule has 0 radical (unpaired) electrons. The standard InChI is InChI=1S/C17H26N2O/c1-4-10-19(11-5-2)13-15(18-3)17-12-14-8-6-7-9-16(14)20-17/h6-9,12,15,18H,4-5,10-11,13H2,1-3H3. The van der Waals surface area contributed by atoms with Crippen molar-refractivity contribution in [2.24, 2.45) is 0 Å². The molecule has 0 fully saturated rings. The first kappa shape index (κ1) is 15.1. The molecule has 1 aromatic heterocycles. The van der Waals surface area contributed by atoms with E-state index in [9.17, 15) is 0 Å². The summed E-state index contributed by atoms with van der Waals surface area (Å²) < 4.78 is 5.99. The molecule has 110 valence electrons. The summed E-state index contributed by atoms with van der Waals surface area (Å²) in [6, 6.07) is 10.6. The van der Waals surface area contributed by atoms with E-state index in [2.05, 4.69) is 42.3 Å². The van der Waals surface area contributed by atoms with E-state index < -0.39 is 0 Å². The van der Waals surface area contributed by atoms with Gasteiger partial charge in [0, 0.05) is 11.9 Å². The van der Waals surface area contributed by atoms with E-state index in [-0.39, 0.29) is 6.04 Å². The van der Waals surface area contributed by atoms with Gasteiger partial charge < -0.3 is 14.6 Å². The van der Waals surface area contributed by atoms with Gasteiger partial charge in [-0.25, -0.2) is 0 Å². The summed E-state index contributed by atoms with van der Waals surface area (Å²) >= 11 is 0. The summed E-state index contributed by atoms with van der Waals surface area (Å²) in [5.74, 6) is 1.03. The topological polar surface area (TPSA) is 28.4 Å². The lowest BCUT2D eigenvalue weighted by Crippen LogP contribution is -2.34. The summed E-state index contributed by atoms with van der Waals surface area (Å²) in [6.07, 6.45) is 2.38. The zero-order valence-corrected chi connectivity index (χ0v) is 12.9. The van der Waals surface area contributed by atoms with Gasteiger partial charge in [-0.1, -0.05) is 32.0 Å². The van der Waals surface area contributed by atoms with Gasteiger partial charge in [0.15, 0.2) is 0 Å². The largest absolute Gasteiger partial charge is 0.459 e. The van der Waals surface area contributed by atoms with Crippen LogP contribution in [0.1, 0.15) is 38.5 Å². The zero-order chi connectivity index (χ0) is 14.4. The number of nitrogens with zero attached hydrogens (tertiary/aromatic N) is 1. The van der Waals surface area contributed by atoms with Crippen molar-refractivity contribution >= 4 is 11.0 Å². The first-order chi connectivity index (χ1) is 9.78. The predicted molar refractivity (Wildman–Crippen MR) is 85.0 cm³/mol. The molecule has 0 spiro atoms. The van der Waals surface area contributed by atoms with Gasteiger partial charge in [0.05, 0.1) is 6.04 Å². The molecule has 1 aromatic carbocycles. The van der Waals surface area contributed by atoms with Crippen LogP contribution in [0.5, 0.6) is 0 Å². The Morgan fingerprint density at radius 1 is 1.15 bits per heavy atom. The second kappa shape index (κ2) is 7.46. The molecule has 1 N–H and O–H groups in total. The van der Waals surface area contributed by atoms with Crippen LogP contribution in [-0.4, -0.2) is 31.6 Å². The monoisotopic (exact) mass is 274 g/mol. The number of hydrogen-bond donors (Lipinski definition) is 1. The van der Waals surface area contributed by atoms with Gasteiger partial charge in [-0.3, -0.25) is 0 Å². The Labute approximate surface area is 122 Å². The van der Waals surface area contributed by atoms with Crippen LogP contribution in [0.15, 0.2) is 34.7 Å². The van der Waals surface area contributed by atoms with E-state index in [1.807, 2.05) is 19.2 Å². The molecule has 1 atom stereocenters. The van der Waals surface area contributed by atoms with Crippen LogP contribution in [0.2, 0.25) is 0 Å². The van der Waals surface area contributed by atoms with Gasteiger partial charge >= 0.3 is 0 Å². The summed E-state index contributed by atoms with van der Waals surface area (Å²) in [5, 5.41) is 4.57. The highest BCUT2D eigenvalue weighted by atomic mass is 16.3. The van der Waals surface area contributed by atoms with Crippen molar-refractivity contribution in [2.75, 3.05) is 26.7 Å². The number of fused-ring (bicyclic) bond motifs is 1. The Balaban J connectivity index is 2.13. The molecule has 0 saturated heterocycles. The number of hydrogen-bond acceptors (Lipinski definition) is 3. The van der Waals surface area contributed by atoms with Gasteiger partial charge in [0.2, 0.25) is 0 Å². The summed E-state index contributed by atoms with van der Waals surface area (Å²) in [4.78, 5) is 2.51. The van der Waals surface area contributed by atoms with Crippen LogP contribution in [0, 0.1) is 0 Å². The zero-order valence-electron chi connectivity index (χ0n) is 12.9. The maximum atomic E-state index is 5.99. The van der Waals surface area contributed by atoms with Gasteiger partial charge in [-0.05, 0) is 45.1 Å². The third kappa shape index (κ3) is 3.62. The fourth-order valence-electron chi connectivity index (χ4n) is 2.68. The van der Waals surface area contributed by atoms with Crippen molar-refractivity contribution in [3.05, 3.63) is 36.1 Å². The Hall–Kier alpha value is -1.32. The van der Waals surface area contributed by atoms with E-state index in [0.717, 1.165) is 31.0 Å². The van der Waals surface area contributed by atoms with Gasteiger partial charge in [-0.2, -0.15) is 0 Å². The van der Waals surface area contributed by atoms with Crippen LogP contribution < -0.4 is 5.32 Å². The SMILES string of the molecule is CCCN(CCC)CC(NC)c1cc2ccccc2o1. The minimum Gasteiger partial charge on any atom is -0.459 e. The molecule has 0 aliphatic rings. The normalized spacial score (nSPS) is 13.2. The lowest BCUT2D eigenvalue weighted by molar-refractivity contribution is 0.236. The molecule has 0 saturated carbocycles. The quantitative estimate of drug-likeness (QED) is 0.793. The maximum Gasteiger partial charge on any atom is 0.134 e. The van der Waals surface area contributed by atoms with E-state index in [1.165, 1.54) is 18.2 Å². The number of furan rings is 1. The molecule has 0 bridgehead atoms. The Morgan fingerprint density at radius 3 is 2.45 bits per heavy atom. The van der Waals surface area contributed by atoms with Crippen LogP contribution in [0.4, 0.5) is 0 Å². The average Bonchev–Trinajstić information content (AvgIpc) is 2.88. The van der Waals surface area contributed by atoms with Crippen LogP contribution in [0.3, 0.4) is 0 Å². The third-order valence-electron chi connectivity index (χ3n) is 3.66. The summed E-state index contributed by atoms with van der Waals surface area (Å²) in [6.45, 7) is 7.76. The smallest absolute Gasteiger partial charge is 0.134 e. The van der Waals surface area contributed by atoms with Gasteiger partial charge in [-0.15, -0.1) is 0 Å². The minimum absolute atomic E-state index is 0.250. The van der Waals surface area contributed by atoms with E-state index in [0.29, 0.717) is 0 Å². The lowest BCUT2D eigenvalue weighted by Gasteiger charge is -2.25. The number of nitrogens with one attached hydrogen (secondary N) is 1. The average molecular weight is 274 g/mol. The molecule has 20 heavy (non-hydrogen) atoms. The predicted octanol–water partition coefficient (Wildman–Crippen LogP) is 3.82. The van der Waals surface area contributed by atoms with E-state index >= 15 is 0 Å². The first-order valence-corrected chi connectivity index (χ1v) is 7.66. The highest BCUT2D eigenvalue weighted by Crippen LogP contribution is 2.24. The molecular weight excluding hydrogens is 248 g/mol. The van der Waals surface area contributed by atoms with Gasteiger partial charge in [0.1, 0.15) is 11.3 Å². The molecule has 2 rings (SSSR count). The molecule has 1 unspecified atom stereocenters. The highest BCUT2D eigenvalue weighted by molar-refractivity contribution is 5.77. The van der Waals surface area contributed by atoms with Crippen molar-refractivity contribution < 1.29 is 4.42 Å². The molecular formula is C17H26N2O. The van der Waals surface area contributed by atoms with Crippen molar-refractivity contribution in [3.63, 3.8) is 0 Å². The lowest BCUT2D eigenvalue weighted by atomic mass is 10.1. The van der Waals surface area contributed by atoms with Crippen molar-refractivity contribution in [2.45, 2.75) is 32.7 Å². The fraction of sp³-hybridized carbons (Fsp3) is 0.529. The maximum absolute atomic E-state index is 5.99. The molecule has 3 nitrogen and oxygen atoms in total. The fourth-order valence-corrected chi connectivity index (χ4v) is 2.68. The summed E-state index contributed by atoms with van der Waals surface area (Å²) in [5.41, 5.74) is 0.972. The number of benzene rings is 1. The van der Waals surface area contributed by atoms with Gasteiger partial charge in [0.25, 0.3) is 0 Å². The Kier molecular flexibility index (Phi) is 5.62. The number of rotatable bonds is 8. The van der Waals surface area contributed by atoms with E-state index in [1.54, 1.807) is 0 Å². The molecule has 0 aliphatic heterocycles. The van der Waals surface area contributed by atoms with Crippen molar-refractivity contribution in [1.82, 2.24) is 10.2 Å².